The molecule has 4 aromatic rings. The summed E-state index contributed by atoms with van der Waals surface area (Å²) in [5.41, 5.74) is 3.74. The van der Waals surface area contributed by atoms with E-state index in [2.05, 4.69) is 37.9 Å². The molecule has 3 aromatic carbocycles. The molecule has 0 fully saturated rings. The van der Waals surface area contributed by atoms with Gasteiger partial charge in [0.2, 0.25) is 0 Å². The van der Waals surface area contributed by atoms with Crippen LogP contribution in [0.25, 0.3) is 11.0 Å². The molecule has 30 heavy (non-hydrogen) atoms. The third-order valence-corrected chi connectivity index (χ3v) is 5.52. The second kappa shape index (κ2) is 9.13. The molecule has 4 rings (SSSR count). The summed E-state index contributed by atoms with van der Waals surface area (Å²) in [7, 11) is 1.68. The Kier molecular flexibility index (Phi) is 6.14. The molecule has 0 atom stereocenters. The highest BCUT2D eigenvalue weighted by molar-refractivity contribution is 9.10. The number of nitrogens with zero attached hydrogens (tertiary/aromatic N) is 2. The highest BCUT2D eigenvalue weighted by Crippen LogP contribution is 2.23. The van der Waals surface area contributed by atoms with Crippen molar-refractivity contribution in [2.24, 2.45) is 0 Å². The first kappa shape index (κ1) is 20.2. The Labute approximate surface area is 183 Å². The second-order valence-electron chi connectivity index (χ2n) is 6.93. The lowest BCUT2D eigenvalue weighted by Crippen LogP contribution is -2.26. The third-order valence-electron chi connectivity index (χ3n) is 5.00. The van der Waals surface area contributed by atoms with E-state index in [4.69, 9.17) is 9.72 Å². The van der Waals surface area contributed by atoms with E-state index in [1.165, 1.54) is 0 Å². The SMILES string of the molecule is COc1ccccc1Cn1c(CCNC(=O)c2ccc(Br)cc2)nc2ccccc21. The first-order valence-electron chi connectivity index (χ1n) is 9.75. The van der Waals surface area contributed by atoms with E-state index in [1.54, 1.807) is 19.2 Å². The normalized spacial score (nSPS) is 10.9. The molecule has 0 saturated carbocycles. The fraction of sp³-hybridized carbons (Fsp3) is 0.167. The lowest BCUT2D eigenvalue weighted by Gasteiger charge is -2.13. The molecule has 0 saturated heterocycles. The molecule has 0 bridgehead atoms. The van der Waals surface area contributed by atoms with Gasteiger partial charge in [0.05, 0.1) is 24.7 Å². The molecule has 1 heterocycles. The van der Waals surface area contributed by atoms with Crippen LogP contribution in [0.5, 0.6) is 5.75 Å². The van der Waals surface area contributed by atoms with Crippen LogP contribution >= 0.6 is 15.9 Å². The van der Waals surface area contributed by atoms with Crippen LogP contribution in [0.2, 0.25) is 0 Å². The summed E-state index contributed by atoms with van der Waals surface area (Å²) in [4.78, 5) is 17.2. The number of para-hydroxylation sites is 3. The van der Waals surface area contributed by atoms with Gasteiger partial charge in [0.1, 0.15) is 11.6 Å². The summed E-state index contributed by atoms with van der Waals surface area (Å²) in [5, 5.41) is 2.99. The predicted octanol–water partition coefficient (Wildman–Crippen LogP) is 4.83. The number of rotatable bonds is 7. The van der Waals surface area contributed by atoms with Crippen molar-refractivity contribution in [3.05, 3.63) is 94.2 Å². The minimum absolute atomic E-state index is 0.0881. The summed E-state index contributed by atoms with van der Waals surface area (Å²) in [6.45, 7) is 1.16. The molecule has 1 N–H and O–H groups in total. The molecular weight excluding hydrogens is 442 g/mol. The molecule has 1 amide bonds. The number of carbonyl (C=O) groups is 1. The largest absolute Gasteiger partial charge is 0.496 e. The van der Waals surface area contributed by atoms with Gasteiger partial charge < -0.3 is 14.6 Å². The first-order valence-corrected chi connectivity index (χ1v) is 10.5. The van der Waals surface area contributed by atoms with Gasteiger partial charge in [-0.3, -0.25) is 4.79 Å². The summed E-state index contributed by atoms with van der Waals surface area (Å²) >= 11 is 3.39. The van der Waals surface area contributed by atoms with Crippen LogP contribution in [-0.4, -0.2) is 29.1 Å². The number of carbonyl (C=O) groups excluding carboxylic acids is 1. The Morgan fingerprint density at radius 3 is 2.57 bits per heavy atom. The molecular formula is C24H22BrN3O2. The number of benzene rings is 3. The van der Waals surface area contributed by atoms with Crippen molar-refractivity contribution < 1.29 is 9.53 Å². The van der Waals surface area contributed by atoms with Crippen molar-refractivity contribution in [2.45, 2.75) is 13.0 Å². The summed E-state index contributed by atoms with van der Waals surface area (Å²) < 4.78 is 8.66. The van der Waals surface area contributed by atoms with Crippen LogP contribution in [0.1, 0.15) is 21.7 Å². The zero-order chi connectivity index (χ0) is 20.9. The van der Waals surface area contributed by atoms with Crippen molar-refractivity contribution in [3.63, 3.8) is 0 Å². The Balaban J connectivity index is 1.54. The van der Waals surface area contributed by atoms with Crippen LogP contribution in [0.15, 0.2) is 77.3 Å². The van der Waals surface area contributed by atoms with Crippen LogP contribution in [0.4, 0.5) is 0 Å². The molecule has 0 radical (unpaired) electrons. The fourth-order valence-electron chi connectivity index (χ4n) is 3.49. The number of amides is 1. The Morgan fingerprint density at radius 2 is 1.77 bits per heavy atom. The minimum Gasteiger partial charge on any atom is -0.496 e. The summed E-state index contributed by atoms with van der Waals surface area (Å²) in [6.07, 6.45) is 0.631. The summed E-state index contributed by atoms with van der Waals surface area (Å²) in [5.74, 6) is 1.69. The Bertz CT molecular complexity index is 1170. The van der Waals surface area contributed by atoms with Gasteiger partial charge in [-0.15, -0.1) is 0 Å². The molecule has 0 aliphatic carbocycles. The van der Waals surface area contributed by atoms with Gasteiger partial charge in [-0.05, 0) is 42.5 Å². The number of halogens is 1. The second-order valence-corrected chi connectivity index (χ2v) is 7.84. The molecule has 0 spiro atoms. The lowest BCUT2D eigenvalue weighted by molar-refractivity contribution is 0.0954. The maximum absolute atomic E-state index is 12.4. The van der Waals surface area contributed by atoms with Crippen LogP contribution in [-0.2, 0) is 13.0 Å². The number of hydrogen-bond acceptors (Lipinski definition) is 3. The van der Waals surface area contributed by atoms with Gasteiger partial charge in [0.15, 0.2) is 0 Å². The van der Waals surface area contributed by atoms with Crippen molar-refractivity contribution in [3.8, 4) is 5.75 Å². The van der Waals surface area contributed by atoms with Gasteiger partial charge in [0, 0.05) is 28.6 Å². The van der Waals surface area contributed by atoms with Crippen molar-refractivity contribution >= 4 is 32.9 Å². The summed E-state index contributed by atoms with van der Waals surface area (Å²) in [6, 6.07) is 23.4. The molecule has 0 aliphatic heterocycles. The average molecular weight is 464 g/mol. The number of aromatic nitrogens is 2. The Hall–Kier alpha value is -3.12. The lowest BCUT2D eigenvalue weighted by atomic mass is 10.2. The van der Waals surface area contributed by atoms with E-state index in [9.17, 15) is 4.79 Å². The Morgan fingerprint density at radius 1 is 1.03 bits per heavy atom. The number of methoxy groups -OCH3 is 1. The third kappa shape index (κ3) is 4.39. The van der Waals surface area contributed by atoms with Gasteiger partial charge in [-0.25, -0.2) is 4.98 Å². The van der Waals surface area contributed by atoms with E-state index < -0.39 is 0 Å². The van der Waals surface area contributed by atoms with Gasteiger partial charge in [0.25, 0.3) is 5.91 Å². The van der Waals surface area contributed by atoms with E-state index in [-0.39, 0.29) is 5.91 Å². The average Bonchev–Trinajstić information content (AvgIpc) is 3.12. The van der Waals surface area contributed by atoms with Crippen molar-refractivity contribution in [2.75, 3.05) is 13.7 Å². The standard InChI is InChI=1S/C24H22BrN3O2/c1-30-22-9-5-2-6-18(22)16-28-21-8-4-3-7-20(21)27-23(28)14-15-26-24(29)17-10-12-19(25)13-11-17/h2-13H,14-16H2,1H3,(H,26,29). The maximum atomic E-state index is 12.4. The topological polar surface area (TPSA) is 56.1 Å². The van der Waals surface area contributed by atoms with Crippen molar-refractivity contribution in [1.82, 2.24) is 14.9 Å². The van der Waals surface area contributed by atoms with Gasteiger partial charge >= 0.3 is 0 Å². The highest BCUT2D eigenvalue weighted by Gasteiger charge is 2.13. The molecule has 5 nitrogen and oxygen atoms in total. The molecule has 152 valence electrons. The minimum atomic E-state index is -0.0881. The first-order chi connectivity index (χ1) is 14.7. The number of nitrogens with one attached hydrogen (secondary N) is 1. The van der Waals surface area contributed by atoms with Crippen LogP contribution in [0, 0.1) is 0 Å². The molecule has 1 aromatic heterocycles. The van der Waals surface area contributed by atoms with Gasteiger partial charge in [-0.1, -0.05) is 46.3 Å². The predicted molar refractivity (Wildman–Crippen MR) is 122 cm³/mol. The van der Waals surface area contributed by atoms with Crippen LogP contribution < -0.4 is 10.1 Å². The van der Waals surface area contributed by atoms with Crippen molar-refractivity contribution in [1.29, 1.82) is 0 Å². The molecule has 0 unspecified atom stereocenters. The van der Waals surface area contributed by atoms with E-state index in [0.717, 1.165) is 32.6 Å². The quantitative estimate of drug-likeness (QED) is 0.427. The number of hydrogen-bond donors (Lipinski definition) is 1. The molecule has 0 aliphatic rings. The zero-order valence-electron chi connectivity index (χ0n) is 16.6. The van der Waals surface area contributed by atoms with Gasteiger partial charge in [-0.2, -0.15) is 0 Å². The zero-order valence-corrected chi connectivity index (χ0v) is 18.2. The molecule has 6 heteroatoms. The number of imidazole rings is 1. The van der Waals surface area contributed by atoms with E-state index in [0.29, 0.717) is 25.1 Å². The fourth-order valence-corrected chi connectivity index (χ4v) is 3.75. The number of fused-ring (bicyclic) bond motifs is 1. The highest BCUT2D eigenvalue weighted by atomic mass is 79.9. The smallest absolute Gasteiger partial charge is 0.251 e. The maximum Gasteiger partial charge on any atom is 0.251 e. The van der Waals surface area contributed by atoms with E-state index >= 15 is 0 Å². The van der Waals surface area contributed by atoms with Crippen LogP contribution in [0.3, 0.4) is 0 Å². The monoisotopic (exact) mass is 463 g/mol. The van der Waals surface area contributed by atoms with E-state index in [1.807, 2.05) is 48.5 Å². The number of ether oxygens (including phenoxy) is 1.